The lowest BCUT2D eigenvalue weighted by Crippen LogP contribution is -2.30. The zero-order valence-electron chi connectivity index (χ0n) is 70.4. The monoisotopic (exact) mass is 1650 g/mol. The van der Waals surface area contributed by atoms with E-state index < -0.39 is 6.10 Å². The fourth-order valence-corrected chi connectivity index (χ4v) is 24.2. The van der Waals surface area contributed by atoms with Gasteiger partial charge in [0.2, 0.25) is 0 Å². The second kappa shape index (κ2) is 35.9. The fourth-order valence-electron chi connectivity index (χ4n) is 18.8. The molecule has 5 aliphatic rings. The summed E-state index contributed by atoms with van der Waals surface area (Å²) in [7, 11) is 8.85. The number of aromatic nitrogens is 6. The zero-order chi connectivity index (χ0) is 81.2. The van der Waals surface area contributed by atoms with E-state index in [-0.39, 0.29) is 0 Å². The van der Waals surface area contributed by atoms with Crippen LogP contribution in [0.2, 0.25) is 0 Å². The fraction of sp³-hybridized carbons (Fsp3) is 0.317. The number of hydrogen-bond donors (Lipinski definition) is 1. The Balaban J connectivity index is 0.000000106. The van der Waals surface area contributed by atoms with E-state index in [2.05, 4.69) is 304 Å². The summed E-state index contributed by atoms with van der Waals surface area (Å²) in [4.78, 5) is 20.7. The number of likely N-dealkylation sites (N-methyl/N-ethyl adjacent to an activating group) is 4. The molecule has 0 bridgehead atoms. The third-order valence-corrected chi connectivity index (χ3v) is 29.9. The molecular formula is C101H111N11OS5. The van der Waals surface area contributed by atoms with Crippen molar-refractivity contribution in [2.75, 3.05) is 60.9 Å². The second-order valence-electron chi connectivity index (χ2n) is 33.5. The Morgan fingerprint density at radius 2 is 0.924 bits per heavy atom. The lowest BCUT2D eigenvalue weighted by atomic mass is 9.98. The number of thiophene rings is 5. The van der Waals surface area contributed by atoms with Gasteiger partial charge in [-0.1, -0.05) is 164 Å². The molecule has 0 fully saturated rings. The van der Waals surface area contributed by atoms with Gasteiger partial charge in [-0.25, -0.2) is 0 Å². The van der Waals surface area contributed by atoms with Gasteiger partial charge >= 0.3 is 0 Å². The van der Waals surface area contributed by atoms with Gasteiger partial charge in [-0.05, 0) is 168 Å². The largest absolute Gasteiger partial charge is 0.387 e. The second-order valence-corrected chi connectivity index (χ2v) is 39.1. The molecule has 12 nitrogen and oxygen atoms in total. The minimum Gasteiger partial charge on any atom is -0.387 e. The number of nitrogens with zero attached hydrogens (tertiary/aromatic N) is 11. The van der Waals surface area contributed by atoms with Gasteiger partial charge in [0, 0.05) is 212 Å². The predicted molar refractivity (Wildman–Crippen MR) is 505 cm³/mol. The summed E-state index contributed by atoms with van der Waals surface area (Å²) >= 11 is 9.58. The third-order valence-electron chi connectivity index (χ3n) is 24.3. The molecule has 0 spiro atoms. The first kappa shape index (κ1) is 81.1. The van der Waals surface area contributed by atoms with Crippen molar-refractivity contribution in [3.05, 3.63) is 320 Å². The van der Waals surface area contributed by atoms with Gasteiger partial charge in [0.05, 0.1) is 63.7 Å². The molecule has 118 heavy (non-hydrogen) atoms. The average Bonchev–Trinajstić information content (AvgIpc) is 1.59. The quantitative estimate of drug-likeness (QED) is 0.116. The number of aryl methyl sites for hydroxylation is 8. The molecule has 2 unspecified atom stereocenters. The maximum atomic E-state index is 10.7. The first-order chi connectivity index (χ1) is 57.4. The zero-order valence-corrected chi connectivity index (χ0v) is 74.4. The van der Waals surface area contributed by atoms with Crippen LogP contribution in [0, 0.1) is 41.5 Å². The molecule has 0 radical (unpaired) electrons. The SMILES string of the molecule is Cc1cc2c(s1)c1c(n2/C=C/c2ccccc2)CCN(C)C1.Cc1cc2c(s1)c1c(n2/C=C\c2ccccc2)CCN(C)C1.Cc1cc2c(s1)c1c(n2CC(O)c2ccccc2)CCN(C)C1.Cc1cccc(Cn2c3c(c4scc(C)c42)CN(Cc2ccccc2)CC3)c1.Cc1csc2c3c(n(CCc4cccnc4)c12)C(C)CN(C)C3. The normalized spacial score (nSPS) is 16.2. The molecule has 606 valence electrons. The molecule has 17 heteroatoms. The molecule has 0 aliphatic carbocycles. The smallest absolute Gasteiger partial charge is 0.0969 e. The summed E-state index contributed by atoms with van der Waals surface area (Å²) in [6.07, 6.45) is 17.8. The lowest BCUT2D eigenvalue weighted by Gasteiger charge is -2.29. The van der Waals surface area contributed by atoms with Crippen LogP contribution in [-0.2, 0) is 91.0 Å². The maximum absolute atomic E-state index is 10.7. The van der Waals surface area contributed by atoms with Crippen molar-refractivity contribution in [2.45, 2.75) is 151 Å². The number of fused-ring (bicyclic) bond motifs is 15. The molecule has 0 saturated carbocycles. The van der Waals surface area contributed by atoms with E-state index in [1.165, 1.54) is 144 Å². The van der Waals surface area contributed by atoms with Crippen molar-refractivity contribution < 1.29 is 5.11 Å². The van der Waals surface area contributed by atoms with Crippen molar-refractivity contribution in [3.8, 4) is 0 Å². The van der Waals surface area contributed by atoms with Gasteiger partial charge in [0.1, 0.15) is 0 Å². The maximum Gasteiger partial charge on any atom is 0.0969 e. The molecule has 5 aromatic carbocycles. The van der Waals surface area contributed by atoms with E-state index in [9.17, 15) is 5.11 Å². The Labute approximate surface area is 716 Å². The van der Waals surface area contributed by atoms with E-state index >= 15 is 0 Å². The Morgan fingerprint density at radius 3 is 1.49 bits per heavy atom. The number of benzene rings is 5. The van der Waals surface area contributed by atoms with Crippen LogP contribution in [0.1, 0.15) is 140 Å². The van der Waals surface area contributed by atoms with Crippen molar-refractivity contribution in [1.29, 1.82) is 0 Å². The minimum atomic E-state index is -0.462. The van der Waals surface area contributed by atoms with Gasteiger partial charge in [-0.15, -0.1) is 56.7 Å². The molecular weight excluding hydrogens is 1540 g/mol. The summed E-state index contributed by atoms with van der Waals surface area (Å²) in [6, 6.07) is 62.0. The molecule has 5 aliphatic heterocycles. The van der Waals surface area contributed by atoms with Crippen molar-refractivity contribution in [1.82, 2.24) is 52.3 Å². The number of pyridine rings is 1. The Morgan fingerprint density at radius 1 is 0.449 bits per heavy atom. The van der Waals surface area contributed by atoms with Crippen LogP contribution < -0.4 is 0 Å². The van der Waals surface area contributed by atoms with Crippen molar-refractivity contribution in [2.24, 2.45) is 0 Å². The van der Waals surface area contributed by atoms with Gasteiger partial charge in [0.15, 0.2) is 0 Å². The van der Waals surface area contributed by atoms with E-state index in [4.69, 9.17) is 0 Å². The highest BCUT2D eigenvalue weighted by Gasteiger charge is 2.32. The van der Waals surface area contributed by atoms with Gasteiger partial charge < -0.3 is 47.5 Å². The Kier molecular flexibility index (Phi) is 24.7. The van der Waals surface area contributed by atoms with Crippen LogP contribution in [0.25, 0.3) is 75.6 Å². The van der Waals surface area contributed by atoms with Crippen LogP contribution in [0.3, 0.4) is 0 Å². The number of hydrogen-bond acceptors (Lipinski definition) is 12. The molecule has 16 aromatic rings. The first-order valence-electron chi connectivity index (χ1n) is 42.1. The van der Waals surface area contributed by atoms with E-state index in [0.29, 0.717) is 12.5 Å². The van der Waals surface area contributed by atoms with Crippen molar-refractivity contribution in [3.63, 3.8) is 0 Å². The Bertz CT molecular complexity index is 6070. The first-order valence-corrected chi connectivity index (χ1v) is 46.3. The third kappa shape index (κ3) is 17.4. The standard InChI is InChI=1S/C25H26N2S.C19H23N3S.C19H22N2OS.2C19H20N2S/c1-18-7-6-10-21(13-18)15-27-23-11-12-26(14-20-8-4-3-5-9-20)16-22(23)25-24(27)19(2)17-28-25;1-13-10-21(3)11-16-17(13)22(18-14(2)12-23-19(16)18)8-6-15-5-4-7-20-9-15;1-13-10-17-19(23-13)15-11-20(2)9-8-16(15)21(17)12-18(22)14-6-4-3-5-7-14;2*1-14-12-18-19(22-14)16-13-20(2)10-9-17(16)21(18)11-8-15-6-4-3-5-7-15/h3-10,13,17H,11-12,14-16H2,1-2H3;4-5,7,9,12-13H,6,8,10-11H2,1-3H3;3-7,10,18,22H,8-9,11-12H2,1-2H3;2*3-8,11-12H,9-10,13H2,1-2H3/b;;;11-8+;11-8-. The topological polar surface area (TPSA) is 74.0 Å². The van der Waals surface area contributed by atoms with Gasteiger partial charge in [0.25, 0.3) is 0 Å². The summed E-state index contributed by atoms with van der Waals surface area (Å²) in [5.74, 6) is 0.594. The lowest BCUT2D eigenvalue weighted by molar-refractivity contribution is 0.156. The van der Waals surface area contributed by atoms with Crippen LogP contribution >= 0.6 is 56.7 Å². The summed E-state index contributed by atoms with van der Waals surface area (Å²) in [6.45, 7) is 30.3. The van der Waals surface area contributed by atoms with E-state index in [0.717, 1.165) is 123 Å². The summed E-state index contributed by atoms with van der Waals surface area (Å²) < 4.78 is 19.7. The Hall–Kier alpha value is -9.31. The van der Waals surface area contributed by atoms with Crippen molar-refractivity contribution >= 4 is 132 Å². The molecule has 11 aromatic heterocycles. The number of rotatable bonds is 14. The molecule has 2 atom stereocenters. The molecule has 0 saturated heterocycles. The van der Waals surface area contributed by atoms with Gasteiger partial charge in [-0.3, -0.25) is 9.88 Å². The van der Waals surface area contributed by atoms with Crippen LogP contribution in [-0.4, -0.2) is 118 Å². The summed E-state index contributed by atoms with van der Waals surface area (Å²) in [5.41, 5.74) is 33.9. The molecule has 16 heterocycles. The van der Waals surface area contributed by atoms with Crippen LogP contribution in [0.15, 0.2) is 199 Å². The predicted octanol–water partition coefficient (Wildman–Crippen LogP) is 23.1. The van der Waals surface area contributed by atoms with Gasteiger partial charge in [-0.2, -0.15) is 0 Å². The number of aliphatic hydroxyl groups is 1. The highest BCUT2D eigenvalue weighted by atomic mass is 32.1. The molecule has 1 N–H and O–H groups in total. The average molecular weight is 1660 g/mol. The highest BCUT2D eigenvalue weighted by molar-refractivity contribution is 7.20. The summed E-state index contributed by atoms with van der Waals surface area (Å²) in [5, 5.41) is 15.3. The van der Waals surface area contributed by atoms with Crippen LogP contribution in [0.5, 0.6) is 0 Å². The molecule has 0 amide bonds. The van der Waals surface area contributed by atoms with E-state index in [1.54, 1.807) is 22.5 Å². The minimum absolute atomic E-state index is 0.462. The number of aliphatic hydroxyl groups excluding tert-OH is 1. The highest BCUT2D eigenvalue weighted by Crippen LogP contribution is 2.44. The van der Waals surface area contributed by atoms with Crippen LogP contribution in [0.4, 0.5) is 0 Å². The molecule has 21 rings (SSSR count). The van der Waals surface area contributed by atoms with E-state index in [1.807, 2.05) is 105 Å².